The molecule has 0 aromatic carbocycles. The van der Waals surface area contributed by atoms with Gasteiger partial charge in [-0.3, -0.25) is 4.79 Å². The van der Waals surface area contributed by atoms with E-state index in [0.717, 1.165) is 0 Å². The molecule has 0 aliphatic heterocycles. The van der Waals surface area contributed by atoms with Gasteiger partial charge >= 0.3 is 0 Å². The van der Waals surface area contributed by atoms with Gasteiger partial charge < -0.3 is 15.2 Å². The van der Waals surface area contributed by atoms with Crippen molar-refractivity contribution in [3.8, 4) is 0 Å². The van der Waals surface area contributed by atoms with Crippen molar-refractivity contribution < 1.29 is 14.3 Å². The van der Waals surface area contributed by atoms with Gasteiger partial charge in [-0.15, -0.1) is 0 Å². The van der Waals surface area contributed by atoms with Crippen molar-refractivity contribution in [3.05, 3.63) is 0 Å². The molecule has 4 nitrogen and oxygen atoms in total. The number of rotatable bonds is 4. The zero-order valence-electron chi connectivity index (χ0n) is 5.59. The number of methoxy groups -OCH3 is 2. The summed E-state index contributed by atoms with van der Waals surface area (Å²) in [5.74, 6) is -0.250. The molecular weight excluding hydrogens is 122 g/mol. The lowest BCUT2D eigenvalue weighted by Crippen LogP contribution is -2.30. The van der Waals surface area contributed by atoms with E-state index in [1.807, 2.05) is 0 Å². The summed E-state index contributed by atoms with van der Waals surface area (Å²) in [5, 5.41) is 0. The minimum Gasteiger partial charge on any atom is -0.349 e. The molecule has 0 aromatic rings. The van der Waals surface area contributed by atoms with Crippen LogP contribution in [-0.4, -0.2) is 32.8 Å². The summed E-state index contributed by atoms with van der Waals surface area (Å²) in [6, 6.07) is 0. The van der Waals surface area contributed by atoms with Crippen LogP contribution in [0, 0.1) is 0 Å². The van der Waals surface area contributed by atoms with Gasteiger partial charge in [0.2, 0.25) is 12.1 Å². The molecule has 0 atom stereocenters. The molecule has 54 valence electrons. The second-order valence-corrected chi connectivity index (χ2v) is 1.47. The Balaban J connectivity index is 3.64. The van der Waals surface area contributed by atoms with E-state index in [1.165, 1.54) is 14.2 Å². The molecule has 0 aromatic heterocycles. The molecule has 0 radical (unpaired) electrons. The Labute approximate surface area is 53.9 Å². The van der Waals surface area contributed by atoms with E-state index < -0.39 is 6.29 Å². The first kappa shape index (κ1) is 8.55. The third kappa shape index (κ3) is 2.55. The van der Waals surface area contributed by atoms with Crippen molar-refractivity contribution in [2.75, 3.05) is 20.8 Å². The minimum atomic E-state index is -0.796. The summed E-state index contributed by atoms with van der Waals surface area (Å²) < 4.78 is 9.20. The Morgan fingerprint density at radius 1 is 1.56 bits per heavy atom. The van der Waals surface area contributed by atoms with Crippen molar-refractivity contribution in [2.24, 2.45) is 5.73 Å². The maximum absolute atomic E-state index is 10.6. The summed E-state index contributed by atoms with van der Waals surface area (Å²) in [4.78, 5) is 10.6. The quantitative estimate of drug-likeness (QED) is 0.506. The Morgan fingerprint density at radius 2 is 2.00 bits per heavy atom. The third-order valence-electron chi connectivity index (χ3n) is 0.892. The SMILES string of the molecule is COC(OC)C(=O)CN. The smallest absolute Gasteiger partial charge is 0.218 e. The highest BCUT2D eigenvalue weighted by molar-refractivity contribution is 5.83. The monoisotopic (exact) mass is 133 g/mol. The largest absolute Gasteiger partial charge is 0.349 e. The first-order valence-corrected chi connectivity index (χ1v) is 2.54. The van der Waals surface area contributed by atoms with Crippen LogP contribution in [0.25, 0.3) is 0 Å². The van der Waals surface area contributed by atoms with Gasteiger partial charge in [0.05, 0.1) is 6.54 Å². The van der Waals surface area contributed by atoms with Gasteiger partial charge in [-0.05, 0) is 0 Å². The number of ketones is 1. The molecule has 0 rings (SSSR count). The van der Waals surface area contributed by atoms with Crippen molar-refractivity contribution in [3.63, 3.8) is 0 Å². The zero-order valence-corrected chi connectivity index (χ0v) is 5.59. The van der Waals surface area contributed by atoms with Crippen LogP contribution in [0.5, 0.6) is 0 Å². The highest BCUT2D eigenvalue weighted by Gasteiger charge is 2.13. The van der Waals surface area contributed by atoms with Crippen LogP contribution < -0.4 is 5.73 Å². The van der Waals surface area contributed by atoms with E-state index in [0.29, 0.717) is 0 Å². The van der Waals surface area contributed by atoms with Crippen LogP contribution in [0.3, 0.4) is 0 Å². The van der Waals surface area contributed by atoms with Crippen LogP contribution in [-0.2, 0) is 14.3 Å². The molecule has 0 fully saturated rings. The van der Waals surface area contributed by atoms with Gasteiger partial charge in [0.15, 0.2) is 0 Å². The summed E-state index contributed by atoms with van der Waals surface area (Å²) in [5.41, 5.74) is 5.01. The van der Waals surface area contributed by atoms with Crippen LogP contribution in [0.1, 0.15) is 0 Å². The lowest BCUT2D eigenvalue weighted by Gasteiger charge is -2.09. The van der Waals surface area contributed by atoms with Gasteiger partial charge in [0, 0.05) is 14.2 Å². The lowest BCUT2D eigenvalue weighted by atomic mass is 10.4. The fourth-order valence-corrected chi connectivity index (χ4v) is 0.455. The molecule has 0 heterocycles. The fourth-order valence-electron chi connectivity index (χ4n) is 0.455. The van der Waals surface area contributed by atoms with Gasteiger partial charge in [0.25, 0.3) is 0 Å². The second-order valence-electron chi connectivity index (χ2n) is 1.47. The molecular formula is C5H11NO3. The number of ether oxygens (including phenoxy) is 2. The van der Waals surface area contributed by atoms with Crippen LogP contribution in [0.4, 0.5) is 0 Å². The molecule has 4 heteroatoms. The number of carbonyl (C=O) groups is 1. The normalized spacial score (nSPS) is 10.2. The molecule has 9 heavy (non-hydrogen) atoms. The Hall–Kier alpha value is -0.450. The highest BCUT2D eigenvalue weighted by Crippen LogP contribution is 1.89. The summed E-state index contributed by atoms with van der Waals surface area (Å²) >= 11 is 0. The minimum absolute atomic E-state index is 0.0493. The molecule has 0 aliphatic carbocycles. The molecule has 0 unspecified atom stereocenters. The maximum atomic E-state index is 10.6. The lowest BCUT2D eigenvalue weighted by molar-refractivity contribution is -0.155. The molecule has 0 bridgehead atoms. The van der Waals surface area contributed by atoms with Gasteiger partial charge in [-0.2, -0.15) is 0 Å². The predicted molar refractivity (Wildman–Crippen MR) is 31.9 cm³/mol. The number of hydrogen-bond donors (Lipinski definition) is 1. The molecule has 2 N–H and O–H groups in total. The topological polar surface area (TPSA) is 61.5 Å². The van der Waals surface area contributed by atoms with Gasteiger partial charge in [-0.1, -0.05) is 0 Å². The van der Waals surface area contributed by atoms with Gasteiger partial charge in [-0.25, -0.2) is 0 Å². The predicted octanol–water partition coefficient (Wildman–Crippen LogP) is -0.867. The molecule has 0 spiro atoms. The fraction of sp³-hybridized carbons (Fsp3) is 0.800. The van der Waals surface area contributed by atoms with E-state index in [9.17, 15) is 4.79 Å². The van der Waals surface area contributed by atoms with Crippen molar-refractivity contribution in [2.45, 2.75) is 6.29 Å². The first-order chi connectivity index (χ1) is 4.26. The number of carbonyl (C=O) groups excluding carboxylic acids is 1. The van der Waals surface area contributed by atoms with Crippen LogP contribution in [0.2, 0.25) is 0 Å². The Morgan fingerprint density at radius 3 is 2.11 bits per heavy atom. The van der Waals surface area contributed by atoms with E-state index >= 15 is 0 Å². The van der Waals surface area contributed by atoms with E-state index in [2.05, 4.69) is 9.47 Å². The Bertz CT molecular complexity index is 90.2. The van der Waals surface area contributed by atoms with Crippen LogP contribution >= 0.6 is 0 Å². The molecule has 0 aliphatic rings. The van der Waals surface area contributed by atoms with E-state index in [4.69, 9.17) is 5.73 Å². The number of Topliss-reactive ketones (excluding diaryl/α,β-unsaturated/α-hetero) is 1. The van der Waals surface area contributed by atoms with Crippen molar-refractivity contribution >= 4 is 5.78 Å². The average molecular weight is 133 g/mol. The summed E-state index contributed by atoms with van der Waals surface area (Å²) in [6.07, 6.45) is -0.796. The standard InChI is InChI=1S/C5H11NO3/c1-8-5(9-2)4(7)3-6/h5H,3,6H2,1-2H3. The van der Waals surface area contributed by atoms with E-state index in [1.54, 1.807) is 0 Å². The maximum Gasteiger partial charge on any atom is 0.218 e. The van der Waals surface area contributed by atoms with Crippen molar-refractivity contribution in [1.82, 2.24) is 0 Å². The second kappa shape index (κ2) is 4.43. The molecule has 0 saturated heterocycles. The van der Waals surface area contributed by atoms with E-state index in [-0.39, 0.29) is 12.3 Å². The highest BCUT2D eigenvalue weighted by atomic mass is 16.7. The number of hydrogen-bond acceptors (Lipinski definition) is 4. The summed E-state index contributed by atoms with van der Waals surface area (Å²) in [7, 11) is 2.78. The summed E-state index contributed by atoms with van der Waals surface area (Å²) in [6.45, 7) is -0.0493. The Kier molecular flexibility index (Phi) is 4.21. The molecule has 0 amide bonds. The number of nitrogens with two attached hydrogens (primary N) is 1. The zero-order chi connectivity index (χ0) is 7.28. The van der Waals surface area contributed by atoms with Crippen molar-refractivity contribution in [1.29, 1.82) is 0 Å². The van der Waals surface area contributed by atoms with Gasteiger partial charge in [0.1, 0.15) is 0 Å². The van der Waals surface area contributed by atoms with Crippen LogP contribution in [0.15, 0.2) is 0 Å². The molecule has 0 saturated carbocycles. The average Bonchev–Trinajstić information content (AvgIpc) is 1.90. The first-order valence-electron chi connectivity index (χ1n) is 2.54. The third-order valence-corrected chi connectivity index (χ3v) is 0.892.